The summed E-state index contributed by atoms with van der Waals surface area (Å²) in [4.78, 5) is 27.2. The number of aryl methyl sites for hydroxylation is 1. The molecule has 2 atom stereocenters. The van der Waals surface area contributed by atoms with Gasteiger partial charge in [-0.05, 0) is 42.2 Å². The van der Waals surface area contributed by atoms with E-state index in [0.29, 0.717) is 26.1 Å². The molecule has 178 valence electrons. The maximum atomic E-state index is 13.3. The zero-order valence-corrected chi connectivity index (χ0v) is 19.6. The average molecular weight is 464 g/mol. The number of likely N-dealkylation sites (tertiary alicyclic amines) is 1. The summed E-state index contributed by atoms with van der Waals surface area (Å²) in [5.74, 6) is 0.201. The van der Waals surface area contributed by atoms with Gasteiger partial charge in [0.15, 0.2) is 5.69 Å². The Labute approximate surface area is 198 Å². The van der Waals surface area contributed by atoms with Gasteiger partial charge in [0.1, 0.15) is 5.75 Å². The number of ether oxygens (including phenoxy) is 2. The molecule has 1 N–H and O–H groups in total. The number of aromatic nitrogens is 3. The van der Waals surface area contributed by atoms with E-state index in [1.807, 2.05) is 36.4 Å². The molecule has 3 aromatic rings. The third-order valence-corrected chi connectivity index (χ3v) is 6.22. The summed E-state index contributed by atoms with van der Waals surface area (Å²) in [5, 5.41) is 11.1. The van der Waals surface area contributed by atoms with Crippen LogP contribution in [0, 0.1) is 6.92 Å². The molecule has 1 aliphatic heterocycles. The number of nitrogens with one attached hydrogen (secondary N) is 1. The Balaban J connectivity index is 1.50. The highest BCUT2D eigenvalue weighted by Crippen LogP contribution is 2.29. The quantitative estimate of drug-likeness (QED) is 0.513. The minimum Gasteiger partial charge on any atom is -0.497 e. The Morgan fingerprint density at radius 1 is 1.12 bits per heavy atom. The van der Waals surface area contributed by atoms with Crippen LogP contribution in [0.2, 0.25) is 0 Å². The van der Waals surface area contributed by atoms with Gasteiger partial charge in [-0.3, -0.25) is 9.69 Å². The second-order valence-electron chi connectivity index (χ2n) is 8.40. The second-order valence-corrected chi connectivity index (χ2v) is 8.40. The van der Waals surface area contributed by atoms with Crippen molar-refractivity contribution in [2.75, 3.05) is 20.8 Å². The number of benzene rings is 2. The molecule has 1 fully saturated rings. The van der Waals surface area contributed by atoms with E-state index in [1.165, 1.54) is 18.2 Å². The number of hydrogen-bond acceptors (Lipinski definition) is 7. The smallest absolute Gasteiger partial charge is 0.360 e. The predicted octanol–water partition coefficient (Wildman–Crippen LogP) is 2.51. The fourth-order valence-corrected chi connectivity index (χ4v) is 4.23. The maximum absolute atomic E-state index is 13.3. The van der Waals surface area contributed by atoms with Crippen molar-refractivity contribution < 1.29 is 19.1 Å². The fourth-order valence-electron chi connectivity index (χ4n) is 4.23. The van der Waals surface area contributed by atoms with Crippen LogP contribution in [0.15, 0.2) is 54.7 Å². The first-order valence-corrected chi connectivity index (χ1v) is 11.2. The molecule has 0 radical (unpaired) electrons. The molecule has 34 heavy (non-hydrogen) atoms. The summed E-state index contributed by atoms with van der Waals surface area (Å²) in [6.45, 7) is 3.75. The van der Waals surface area contributed by atoms with E-state index in [9.17, 15) is 9.59 Å². The van der Waals surface area contributed by atoms with E-state index in [0.717, 1.165) is 11.3 Å². The molecule has 1 saturated heterocycles. The monoisotopic (exact) mass is 463 g/mol. The van der Waals surface area contributed by atoms with Gasteiger partial charge in [0.25, 0.3) is 0 Å². The number of rotatable bonds is 8. The molecule has 2 heterocycles. The van der Waals surface area contributed by atoms with Crippen LogP contribution < -0.4 is 10.1 Å². The first-order chi connectivity index (χ1) is 16.5. The van der Waals surface area contributed by atoms with Crippen molar-refractivity contribution >= 4 is 11.9 Å². The highest BCUT2D eigenvalue weighted by molar-refractivity contribution is 5.86. The zero-order valence-electron chi connectivity index (χ0n) is 19.6. The second kappa shape index (κ2) is 10.5. The van der Waals surface area contributed by atoms with E-state index in [4.69, 9.17) is 9.47 Å². The lowest BCUT2D eigenvalue weighted by Crippen LogP contribution is -2.42. The molecule has 0 bridgehead atoms. The Kier molecular flexibility index (Phi) is 7.22. The van der Waals surface area contributed by atoms with Crippen molar-refractivity contribution in [2.24, 2.45) is 0 Å². The highest BCUT2D eigenvalue weighted by atomic mass is 16.5. The summed E-state index contributed by atoms with van der Waals surface area (Å²) in [5.41, 5.74) is 3.50. The Bertz CT molecular complexity index is 1140. The van der Waals surface area contributed by atoms with Gasteiger partial charge in [0.05, 0.1) is 32.5 Å². The summed E-state index contributed by atoms with van der Waals surface area (Å²) < 4.78 is 11.6. The van der Waals surface area contributed by atoms with Crippen molar-refractivity contribution in [1.82, 2.24) is 25.2 Å². The molecule has 0 spiro atoms. The Morgan fingerprint density at radius 2 is 1.88 bits per heavy atom. The molecule has 0 unspecified atom stereocenters. The van der Waals surface area contributed by atoms with Gasteiger partial charge in [-0.1, -0.05) is 41.6 Å². The molecule has 1 aromatic heterocycles. The standard InChI is InChI=1S/C25H29N5O4/c1-17-6-4-5-7-19(17)14-29-15-20(30-16-22(27-28-30)25(32)34-3)12-23(29)24(31)26-13-18-8-10-21(33-2)11-9-18/h4-11,16,20,23H,12-15H2,1-3H3,(H,26,31)/t20-,23+/m1/s1. The van der Waals surface area contributed by atoms with Crippen LogP contribution in [0.25, 0.3) is 0 Å². The number of amides is 1. The SMILES string of the molecule is COC(=O)c1cn([C@@H]2C[C@@H](C(=O)NCc3ccc(OC)cc3)N(Cc3ccccc3C)C2)nn1. The number of esters is 1. The van der Waals surface area contributed by atoms with E-state index >= 15 is 0 Å². The molecule has 1 aliphatic rings. The van der Waals surface area contributed by atoms with Crippen LogP contribution in [0.4, 0.5) is 0 Å². The van der Waals surface area contributed by atoms with E-state index in [1.54, 1.807) is 18.0 Å². The summed E-state index contributed by atoms with van der Waals surface area (Å²) in [7, 11) is 2.93. The fraction of sp³-hybridized carbons (Fsp3) is 0.360. The van der Waals surface area contributed by atoms with Crippen molar-refractivity contribution in [3.63, 3.8) is 0 Å². The van der Waals surface area contributed by atoms with Gasteiger partial charge in [-0.2, -0.15) is 0 Å². The average Bonchev–Trinajstić information content (AvgIpc) is 3.51. The minimum atomic E-state index is -0.533. The molecule has 0 saturated carbocycles. The first kappa shape index (κ1) is 23.4. The van der Waals surface area contributed by atoms with E-state index in [2.05, 4.69) is 39.6 Å². The lowest BCUT2D eigenvalue weighted by Gasteiger charge is -2.24. The van der Waals surface area contributed by atoms with Gasteiger partial charge in [0, 0.05) is 19.6 Å². The Hall–Kier alpha value is -3.72. The zero-order chi connectivity index (χ0) is 24.1. The van der Waals surface area contributed by atoms with E-state index < -0.39 is 5.97 Å². The molecule has 0 aliphatic carbocycles. The van der Waals surface area contributed by atoms with Crippen LogP contribution in [-0.2, 0) is 22.6 Å². The van der Waals surface area contributed by atoms with Crippen LogP contribution in [0.1, 0.15) is 39.6 Å². The third kappa shape index (κ3) is 5.26. The lowest BCUT2D eigenvalue weighted by molar-refractivity contribution is -0.125. The van der Waals surface area contributed by atoms with Gasteiger partial charge in [0.2, 0.25) is 5.91 Å². The van der Waals surface area contributed by atoms with Crippen LogP contribution in [0.3, 0.4) is 0 Å². The molecular formula is C25H29N5O4. The van der Waals surface area contributed by atoms with Crippen LogP contribution in [0.5, 0.6) is 5.75 Å². The number of nitrogens with zero attached hydrogens (tertiary/aromatic N) is 4. The summed E-state index contributed by atoms with van der Waals surface area (Å²) in [6.07, 6.45) is 2.14. The normalized spacial score (nSPS) is 18.0. The topological polar surface area (TPSA) is 98.6 Å². The van der Waals surface area contributed by atoms with E-state index in [-0.39, 0.29) is 23.7 Å². The molecule has 2 aromatic carbocycles. The number of methoxy groups -OCH3 is 2. The highest BCUT2D eigenvalue weighted by Gasteiger charge is 2.38. The largest absolute Gasteiger partial charge is 0.497 e. The van der Waals surface area contributed by atoms with Crippen molar-refractivity contribution in [2.45, 2.75) is 38.5 Å². The minimum absolute atomic E-state index is 0.0415. The van der Waals surface area contributed by atoms with Crippen molar-refractivity contribution in [3.8, 4) is 5.75 Å². The summed E-state index contributed by atoms with van der Waals surface area (Å²) in [6, 6.07) is 15.4. The number of carbonyl (C=O) groups is 2. The van der Waals surface area contributed by atoms with Gasteiger partial charge in [-0.25, -0.2) is 9.48 Å². The lowest BCUT2D eigenvalue weighted by atomic mass is 10.1. The molecule has 1 amide bonds. The van der Waals surface area contributed by atoms with Crippen molar-refractivity contribution in [3.05, 3.63) is 77.1 Å². The van der Waals surface area contributed by atoms with Crippen molar-refractivity contribution in [1.29, 1.82) is 0 Å². The van der Waals surface area contributed by atoms with Crippen LogP contribution in [-0.4, -0.2) is 58.6 Å². The molecular weight excluding hydrogens is 434 g/mol. The number of carbonyl (C=O) groups excluding carboxylic acids is 2. The number of hydrogen-bond donors (Lipinski definition) is 1. The third-order valence-electron chi connectivity index (χ3n) is 6.22. The maximum Gasteiger partial charge on any atom is 0.360 e. The van der Waals surface area contributed by atoms with Gasteiger partial charge in [-0.15, -0.1) is 5.10 Å². The molecule has 9 heteroatoms. The summed E-state index contributed by atoms with van der Waals surface area (Å²) >= 11 is 0. The van der Waals surface area contributed by atoms with Crippen LogP contribution >= 0.6 is 0 Å². The molecule has 9 nitrogen and oxygen atoms in total. The predicted molar refractivity (Wildman–Crippen MR) is 125 cm³/mol. The van der Waals surface area contributed by atoms with Gasteiger partial charge < -0.3 is 14.8 Å². The first-order valence-electron chi connectivity index (χ1n) is 11.2. The van der Waals surface area contributed by atoms with Gasteiger partial charge >= 0.3 is 5.97 Å². The molecule has 4 rings (SSSR count). The Morgan fingerprint density at radius 3 is 2.59 bits per heavy atom.